The average Bonchev–Trinajstić information content (AvgIpc) is 3.81. The zero-order chi connectivity index (χ0) is 37.0. The van der Waals surface area contributed by atoms with Crippen molar-refractivity contribution in [2.45, 2.75) is 31.8 Å². The largest absolute Gasteiger partial charge is 0.495 e. The molecular weight excluding hydrogens is 671 g/mol. The van der Waals surface area contributed by atoms with Crippen LogP contribution >= 0.6 is 0 Å². The van der Waals surface area contributed by atoms with Crippen molar-refractivity contribution in [3.8, 4) is 24.0 Å². The highest BCUT2D eigenvalue weighted by Gasteiger charge is 2.25. The molecule has 0 spiro atoms. The van der Waals surface area contributed by atoms with Crippen molar-refractivity contribution in [2.24, 2.45) is 0 Å². The summed E-state index contributed by atoms with van der Waals surface area (Å²) in [5.74, 6) is 0.259. The topological polar surface area (TPSA) is 206 Å². The molecule has 0 bridgehead atoms. The minimum Gasteiger partial charge on any atom is -0.495 e. The van der Waals surface area contributed by atoms with Crippen molar-refractivity contribution in [1.82, 2.24) is 40.4 Å². The van der Waals surface area contributed by atoms with Gasteiger partial charge in [0.2, 0.25) is 17.8 Å². The number of likely N-dealkylation sites (tertiary alicyclic amines) is 2. The van der Waals surface area contributed by atoms with Crippen molar-refractivity contribution in [2.75, 3.05) is 51.0 Å². The summed E-state index contributed by atoms with van der Waals surface area (Å²) in [4.78, 5) is 44.5. The van der Waals surface area contributed by atoms with Gasteiger partial charge in [0.15, 0.2) is 12.4 Å². The monoisotopic (exact) mass is 708 g/mol. The maximum atomic E-state index is 14.3. The zero-order valence-corrected chi connectivity index (χ0v) is 28.8. The van der Waals surface area contributed by atoms with Crippen LogP contribution in [-0.4, -0.2) is 94.0 Å². The summed E-state index contributed by atoms with van der Waals surface area (Å²) in [7, 11) is 3.03. The van der Waals surface area contributed by atoms with Gasteiger partial charge in [0.1, 0.15) is 11.6 Å². The normalized spacial score (nSPS) is 16.0. The first-order valence-corrected chi connectivity index (χ1v) is 16.3. The Balaban J connectivity index is 0.000000201. The number of nitriles is 2. The lowest BCUT2D eigenvalue weighted by molar-refractivity contribution is 0.0928. The van der Waals surface area contributed by atoms with E-state index in [1.54, 1.807) is 53.4 Å². The lowest BCUT2D eigenvalue weighted by Crippen LogP contribution is -2.36. The highest BCUT2D eigenvalue weighted by molar-refractivity contribution is 5.96. The number of carbonyl (C=O) groups excluding carboxylic acids is 2. The number of carbonyl (C=O) groups is 2. The third kappa shape index (κ3) is 9.69. The third-order valence-electron chi connectivity index (χ3n) is 8.14. The van der Waals surface area contributed by atoms with Gasteiger partial charge < -0.3 is 40.5 Å². The Bertz CT molecular complexity index is 1980. The van der Waals surface area contributed by atoms with E-state index in [4.69, 9.17) is 20.0 Å². The molecule has 52 heavy (non-hydrogen) atoms. The van der Waals surface area contributed by atoms with Crippen LogP contribution in [0.3, 0.4) is 0 Å². The number of nitrogens with one attached hydrogen (secondary N) is 4. The van der Waals surface area contributed by atoms with Crippen LogP contribution in [0.2, 0.25) is 0 Å². The number of aryl methyl sites for hydroxylation is 1. The molecule has 4 heterocycles. The molecule has 17 heteroatoms. The lowest BCUT2D eigenvalue weighted by atomic mass is 10.1. The van der Waals surface area contributed by atoms with Gasteiger partial charge in [0.05, 0.1) is 25.5 Å². The molecule has 16 nitrogen and oxygen atoms in total. The van der Waals surface area contributed by atoms with E-state index in [1.165, 1.54) is 25.4 Å². The van der Waals surface area contributed by atoms with Crippen LogP contribution in [0.25, 0.3) is 0 Å². The molecule has 2 amide bonds. The Morgan fingerprint density at radius 2 is 1.48 bits per heavy atom. The van der Waals surface area contributed by atoms with Gasteiger partial charge in [-0.3, -0.25) is 9.59 Å². The summed E-state index contributed by atoms with van der Waals surface area (Å²) in [6.45, 7) is 4.13. The number of aromatic nitrogens is 4. The van der Waals surface area contributed by atoms with E-state index in [0.29, 0.717) is 67.1 Å². The van der Waals surface area contributed by atoms with Crippen molar-refractivity contribution in [3.63, 3.8) is 0 Å². The SMILES string of the molecule is COc1cc(C(=O)N[C@@H]2CCN(C#N)C2)ccc1Nc1nccc(C)n1.COc1ccnc(Nc2ccc(C(=O)N[C@@H]3CCN(C#N)C3)c(F)c2)n1. The summed E-state index contributed by atoms with van der Waals surface area (Å²) in [5.41, 5.74) is 2.36. The van der Waals surface area contributed by atoms with E-state index >= 15 is 0 Å². The molecule has 2 fully saturated rings. The summed E-state index contributed by atoms with van der Waals surface area (Å²) in [5, 5.41) is 29.4. The molecule has 2 aromatic carbocycles. The standard InChI is InChI=1S/C18H20N6O2.C17H17FN6O2/c1-12-5-7-20-18(21-12)23-15-4-3-13(9-16(15)26-2)17(25)22-14-6-8-24(10-14)11-19;1-26-15-4-6-20-17(23-15)22-11-2-3-13(14(18)8-11)16(25)21-12-5-7-24(9-12)10-19/h3-5,7,9,14H,6,8,10H2,1-2H3,(H,22,25)(H,20,21,23);2-4,6,8,12H,5,7,9H2,1H3,(H,21,25)(H,20,22,23)/t14-;12-/m11/s1. The predicted molar refractivity (Wildman–Crippen MR) is 187 cm³/mol. The number of ether oxygens (including phenoxy) is 2. The quantitative estimate of drug-likeness (QED) is 0.174. The second kappa shape index (κ2) is 17.3. The first-order chi connectivity index (χ1) is 25.2. The highest BCUT2D eigenvalue weighted by atomic mass is 19.1. The van der Waals surface area contributed by atoms with E-state index in [-0.39, 0.29) is 29.5 Å². The van der Waals surface area contributed by atoms with Crippen LogP contribution in [0.4, 0.5) is 27.7 Å². The lowest BCUT2D eigenvalue weighted by Gasteiger charge is -2.14. The second-order valence-corrected chi connectivity index (χ2v) is 11.8. The first kappa shape index (κ1) is 36.5. The number of halogens is 1. The second-order valence-electron chi connectivity index (χ2n) is 11.8. The van der Waals surface area contributed by atoms with Crippen molar-refractivity contribution in [3.05, 3.63) is 83.6 Å². The van der Waals surface area contributed by atoms with Crippen LogP contribution in [0.1, 0.15) is 39.3 Å². The fourth-order valence-electron chi connectivity index (χ4n) is 5.46. The van der Waals surface area contributed by atoms with Crippen molar-refractivity contribution in [1.29, 1.82) is 10.5 Å². The van der Waals surface area contributed by atoms with Gasteiger partial charge in [-0.05, 0) is 62.2 Å². The average molecular weight is 709 g/mol. The summed E-state index contributed by atoms with van der Waals surface area (Å²) in [6, 6.07) is 12.5. The van der Waals surface area contributed by atoms with E-state index in [0.717, 1.165) is 12.1 Å². The number of hydrogen-bond acceptors (Lipinski definition) is 14. The van der Waals surface area contributed by atoms with E-state index in [9.17, 15) is 14.0 Å². The molecule has 6 rings (SSSR count). The number of anilines is 4. The summed E-state index contributed by atoms with van der Waals surface area (Å²) < 4.78 is 24.7. The van der Waals surface area contributed by atoms with Gasteiger partial charge in [-0.2, -0.15) is 15.5 Å². The van der Waals surface area contributed by atoms with Crippen LogP contribution < -0.4 is 30.7 Å². The first-order valence-electron chi connectivity index (χ1n) is 16.3. The van der Waals surface area contributed by atoms with E-state index in [2.05, 4.69) is 47.4 Å². The van der Waals surface area contributed by atoms with Crippen molar-refractivity contribution >= 4 is 35.1 Å². The highest BCUT2D eigenvalue weighted by Crippen LogP contribution is 2.28. The Kier molecular flexibility index (Phi) is 12.1. The van der Waals surface area contributed by atoms with E-state index in [1.807, 2.05) is 19.2 Å². The van der Waals surface area contributed by atoms with Gasteiger partial charge in [-0.1, -0.05) is 0 Å². The molecule has 0 saturated carbocycles. The smallest absolute Gasteiger partial charge is 0.254 e. The van der Waals surface area contributed by atoms with Gasteiger partial charge in [0, 0.05) is 73.7 Å². The zero-order valence-electron chi connectivity index (χ0n) is 28.8. The molecule has 0 radical (unpaired) electrons. The predicted octanol–water partition coefficient (Wildman–Crippen LogP) is 3.48. The Morgan fingerprint density at radius 1 is 0.827 bits per heavy atom. The van der Waals surface area contributed by atoms with Gasteiger partial charge in [0.25, 0.3) is 11.8 Å². The van der Waals surface area contributed by atoms with Gasteiger partial charge >= 0.3 is 0 Å². The fourth-order valence-corrected chi connectivity index (χ4v) is 5.46. The van der Waals surface area contributed by atoms with Crippen LogP contribution in [-0.2, 0) is 0 Å². The number of hydrogen-bond donors (Lipinski definition) is 4. The molecule has 2 aromatic heterocycles. The van der Waals surface area contributed by atoms with Crippen LogP contribution in [0.5, 0.6) is 11.6 Å². The molecule has 2 atom stereocenters. The number of nitrogens with zero attached hydrogens (tertiary/aromatic N) is 8. The molecule has 4 N–H and O–H groups in total. The van der Waals surface area contributed by atoms with Gasteiger partial charge in [-0.25, -0.2) is 19.3 Å². The molecular formula is C35H37FN12O4. The van der Waals surface area contributed by atoms with Crippen LogP contribution in [0.15, 0.2) is 60.9 Å². The Hall–Kier alpha value is -6.75. The molecule has 0 unspecified atom stereocenters. The molecule has 4 aromatic rings. The Morgan fingerprint density at radius 3 is 2.08 bits per heavy atom. The minimum atomic E-state index is -0.662. The number of benzene rings is 2. The van der Waals surface area contributed by atoms with Gasteiger partial charge in [-0.15, -0.1) is 0 Å². The molecule has 268 valence electrons. The maximum absolute atomic E-state index is 14.3. The summed E-state index contributed by atoms with van der Waals surface area (Å²) in [6.07, 6.45) is 8.75. The minimum absolute atomic E-state index is 0.0216. The Labute approximate surface area is 299 Å². The van der Waals surface area contributed by atoms with Crippen molar-refractivity contribution < 1.29 is 23.5 Å². The molecule has 0 aliphatic carbocycles. The maximum Gasteiger partial charge on any atom is 0.254 e. The summed E-state index contributed by atoms with van der Waals surface area (Å²) >= 11 is 0. The fraction of sp³-hybridized carbons (Fsp3) is 0.314. The number of rotatable bonds is 10. The van der Waals surface area contributed by atoms with E-state index < -0.39 is 11.7 Å². The number of methoxy groups -OCH3 is 2. The van der Waals surface area contributed by atoms with Crippen LogP contribution in [0, 0.1) is 35.7 Å². The number of amides is 2. The molecule has 2 saturated heterocycles. The molecule has 2 aliphatic rings. The third-order valence-corrected chi connectivity index (χ3v) is 8.14. The molecule has 2 aliphatic heterocycles.